The first-order valence-corrected chi connectivity index (χ1v) is 3.66. The number of alkyl halides is 2. The normalized spacial score (nSPS) is 10.3. The summed E-state index contributed by atoms with van der Waals surface area (Å²) in [4.78, 5) is 23.8. The van der Waals surface area contributed by atoms with E-state index in [1.54, 1.807) is 0 Å². The van der Waals surface area contributed by atoms with Gasteiger partial charge >= 0.3 is 5.97 Å². The molecule has 0 bridgehead atoms. The number of pyridine rings is 1. The molecule has 4 nitrogen and oxygen atoms in total. The number of esters is 1. The summed E-state index contributed by atoms with van der Waals surface area (Å²) in [5.41, 5.74) is -1.70. The molecular weight excluding hydrogens is 196 g/mol. The molecule has 0 saturated heterocycles. The Balaban J connectivity index is 3.14. The van der Waals surface area contributed by atoms with E-state index >= 15 is 0 Å². The van der Waals surface area contributed by atoms with E-state index in [1.807, 2.05) is 4.98 Å². The monoisotopic (exact) mass is 203 g/mol. The van der Waals surface area contributed by atoms with Crippen molar-refractivity contribution in [2.75, 3.05) is 7.11 Å². The molecule has 0 aliphatic rings. The Kier molecular flexibility index (Phi) is 2.95. The smallest absolute Gasteiger partial charge is 0.343 e. The fraction of sp³-hybridized carbons (Fsp3) is 0.250. The quantitative estimate of drug-likeness (QED) is 0.732. The second-order valence-electron chi connectivity index (χ2n) is 2.45. The maximum absolute atomic E-state index is 12.1. The van der Waals surface area contributed by atoms with Crippen molar-refractivity contribution in [1.29, 1.82) is 0 Å². The van der Waals surface area contributed by atoms with Gasteiger partial charge in [-0.05, 0) is 12.1 Å². The van der Waals surface area contributed by atoms with E-state index in [9.17, 15) is 18.4 Å². The second kappa shape index (κ2) is 3.99. The van der Waals surface area contributed by atoms with Crippen molar-refractivity contribution in [1.82, 2.24) is 4.98 Å². The van der Waals surface area contributed by atoms with Gasteiger partial charge in [0.2, 0.25) is 0 Å². The Bertz CT molecular complexity index is 400. The van der Waals surface area contributed by atoms with Crippen LogP contribution in [0.15, 0.2) is 16.9 Å². The third kappa shape index (κ3) is 1.95. The SMILES string of the molecule is COC(=O)c1ccc(C(F)F)[nH]c1=O. The number of H-pyrrole nitrogens is 1. The molecule has 0 aliphatic heterocycles. The van der Waals surface area contributed by atoms with Gasteiger partial charge in [0.25, 0.3) is 12.0 Å². The third-order valence-corrected chi connectivity index (χ3v) is 1.57. The zero-order valence-corrected chi connectivity index (χ0v) is 7.21. The highest BCUT2D eigenvalue weighted by atomic mass is 19.3. The van der Waals surface area contributed by atoms with Crippen LogP contribution in [0.5, 0.6) is 0 Å². The molecule has 0 fully saturated rings. The van der Waals surface area contributed by atoms with Crippen LogP contribution < -0.4 is 5.56 Å². The fourth-order valence-corrected chi connectivity index (χ4v) is 0.887. The number of aromatic nitrogens is 1. The van der Waals surface area contributed by atoms with Gasteiger partial charge in [-0.1, -0.05) is 0 Å². The highest BCUT2D eigenvalue weighted by Crippen LogP contribution is 2.14. The van der Waals surface area contributed by atoms with Crippen molar-refractivity contribution < 1.29 is 18.3 Å². The number of rotatable bonds is 2. The Morgan fingerprint density at radius 2 is 2.14 bits per heavy atom. The van der Waals surface area contributed by atoms with Crippen LogP contribution in [-0.4, -0.2) is 18.1 Å². The van der Waals surface area contributed by atoms with Crippen molar-refractivity contribution in [3.05, 3.63) is 33.7 Å². The number of carbonyl (C=O) groups excluding carboxylic acids is 1. The number of aromatic amines is 1. The number of nitrogens with one attached hydrogen (secondary N) is 1. The highest BCUT2D eigenvalue weighted by Gasteiger charge is 2.14. The number of methoxy groups -OCH3 is 1. The number of hydrogen-bond donors (Lipinski definition) is 1. The van der Waals surface area contributed by atoms with Crippen LogP contribution in [0, 0.1) is 0 Å². The average molecular weight is 203 g/mol. The van der Waals surface area contributed by atoms with Gasteiger partial charge in [0.05, 0.1) is 12.8 Å². The topological polar surface area (TPSA) is 59.2 Å². The van der Waals surface area contributed by atoms with Crippen LogP contribution in [0.3, 0.4) is 0 Å². The van der Waals surface area contributed by atoms with Crippen LogP contribution in [-0.2, 0) is 4.74 Å². The van der Waals surface area contributed by atoms with Gasteiger partial charge in [0, 0.05) is 0 Å². The van der Waals surface area contributed by atoms with Crippen molar-refractivity contribution in [2.45, 2.75) is 6.43 Å². The van der Waals surface area contributed by atoms with Crippen molar-refractivity contribution in [3.63, 3.8) is 0 Å². The van der Waals surface area contributed by atoms with Gasteiger partial charge in [-0.2, -0.15) is 0 Å². The van der Waals surface area contributed by atoms with Crippen LogP contribution in [0.4, 0.5) is 8.78 Å². The lowest BCUT2D eigenvalue weighted by molar-refractivity contribution is 0.0598. The predicted octanol–water partition coefficient (Wildman–Crippen LogP) is 1.10. The summed E-state index contributed by atoms with van der Waals surface area (Å²) in [7, 11) is 1.10. The Labute approximate surface area is 77.5 Å². The van der Waals surface area contributed by atoms with Crippen LogP contribution in [0.1, 0.15) is 22.5 Å². The molecule has 0 unspecified atom stereocenters. The summed E-state index contributed by atoms with van der Waals surface area (Å²) in [5.74, 6) is -0.855. The third-order valence-electron chi connectivity index (χ3n) is 1.57. The molecule has 1 aromatic heterocycles. The molecule has 0 saturated carbocycles. The molecule has 0 spiro atoms. The van der Waals surface area contributed by atoms with E-state index in [-0.39, 0.29) is 5.56 Å². The molecule has 1 rings (SSSR count). The van der Waals surface area contributed by atoms with Crippen molar-refractivity contribution >= 4 is 5.97 Å². The minimum atomic E-state index is -2.77. The molecule has 0 atom stereocenters. The van der Waals surface area contributed by atoms with E-state index in [4.69, 9.17) is 0 Å². The summed E-state index contributed by atoms with van der Waals surface area (Å²) >= 11 is 0. The van der Waals surface area contributed by atoms with Crippen LogP contribution in [0.25, 0.3) is 0 Å². The molecule has 1 heterocycles. The zero-order valence-electron chi connectivity index (χ0n) is 7.21. The summed E-state index contributed by atoms with van der Waals surface area (Å²) in [6, 6.07) is 1.98. The van der Waals surface area contributed by atoms with E-state index < -0.39 is 23.6 Å². The molecule has 0 amide bonds. The first kappa shape index (κ1) is 10.4. The van der Waals surface area contributed by atoms with Gasteiger partial charge in [-0.3, -0.25) is 4.79 Å². The molecule has 0 radical (unpaired) electrons. The first-order valence-electron chi connectivity index (χ1n) is 3.66. The molecule has 76 valence electrons. The summed E-state index contributed by atoms with van der Waals surface area (Å²) < 4.78 is 28.4. The minimum absolute atomic E-state index is 0.295. The number of ether oxygens (including phenoxy) is 1. The summed E-state index contributed by atoms with van der Waals surface area (Å²) in [6.45, 7) is 0. The summed E-state index contributed by atoms with van der Waals surface area (Å²) in [5, 5.41) is 0. The Morgan fingerprint density at radius 3 is 2.57 bits per heavy atom. The van der Waals surface area contributed by atoms with Gasteiger partial charge in [0.15, 0.2) is 0 Å². The Hall–Kier alpha value is -1.72. The van der Waals surface area contributed by atoms with Crippen LogP contribution >= 0.6 is 0 Å². The second-order valence-corrected chi connectivity index (χ2v) is 2.45. The lowest BCUT2D eigenvalue weighted by atomic mass is 10.2. The molecular formula is C8H7F2NO3. The fourth-order valence-electron chi connectivity index (χ4n) is 0.887. The highest BCUT2D eigenvalue weighted by molar-refractivity contribution is 5.88. The number of hydrogen-bond acceptors (Lipinski definition) is 3. The standard InChI is InChI=1S/C8H7F2NO3/c1-14-8(13)4-2-3-5(6(9)10)11-7(4)12/h2-3,6H,1H3,(H,11,12). The maximum Gasteiger partial charge on any atom is 0.343 e. The molecule has 1 aromatic rings. The minimum Gasteiger partial charge on any atom is -0.465 e. The van der Waals surface area contributed by atoms with Crippen molar-refractivity contribution in [2.24, 2.45) is 0 Å². The van der Waals surface area contributed by atoms with E-state index in [0.717, 1.165) is 19.2 Å². The Morgan fingerprint density at radius 1 is 1.50 bits per heavy atom. The van der Waals surface area contributed by atoms with E-state index in [2.05, 4.69) is 4.74 Å². The van der Waals surface area contributed by atoms with Gasteiger partial charge < -0.3 is 9.72 Å². The molecule has 14 heavy (non-hydrogen) atoms. The number of carbonyl (C=O) groups is 1. The maximum atomic E-state index is 12.1. The average Bonchev–Trinajstić information content (AvgIpc) is 2.16. The lowest BCUT2D eigenvalue weighted by Gasteiger charge is -2.01. The molecule has 1 N–H and O–H groups in total. The van der Waals surface area contributed by atoms with Gasteiger partial charge in [-0.25, -0.2) is 13.6 Å². The summed E-state index contributed by atoms with van der Waals surface area (Å²) in [6.07, 6.45) is -2.77. The van der Waals surface area contributed by atoms with Gasteiger partial charge in [-0.15, -0.1) is 0 Å². The lowest BCUT2D eigenvalue weighted by Crippen LogP contribution is -2.19. The molecule has 6 heteroatoms. The first-order chi connectivity index (χ1) is 6.56. The largest absolute Gasteiger partial charge is 0.465 e. The van der Waals surface area contributed by atoms with Crippen molar-refractivity contribution in [3.8, 4) is 0 Å². The zero-order chi connectivity index (χ0) is 10.7. The van der Waals surface area contributed by atoms with Gasteiger partial charge in [0.1, 0.15) is 5.56 Å². The van der Waals surface area contributed by atoms with Crippen LogP contribution in [0.2, 0.25) is 0 Å². The molecule has 0 aromatic carbocycles. The van der Waals surface area contributed by atoms with E-state index in [1.165, 1.54) is 0 Å². The number of halogens is 2. The van der Waals surface area contributed by atoms with E-state index in [0.29, 0.717) is 0 Å². The molecule has 0 aliphatic carbocycles. The predicted molar refractivity (Wildman–Crippen MR) is 43.4 cm³/mol.